The lowest BCUT2D eigenvalue weighted by Crippen LogP contribution is -2.06. The Kier molecular flexibility index (Phi) is 4.84. The van der Waals surface area contributed by atoms with Crippen molar-refractivity contribution in [2.75, 3.05) is 6.61 Å². The van der Waals surface area contributed by atoms with Gasteiger partial charge in [-0.2, -0.15) is 0 Å². The summed E-state index contributed by atoms with van der Waals surface area (Å²) in [5.74, 6) is -0.933. The zero-order valence-electron chi connectivity index (χ0n) is 8.90. The van der Waals surface area contributed by atoms with Gasteiger partial charge in [-0.3, -0.25) is 0 Å². The Hall–Kier alpha value is -1.35. The maximum atomic E-state index is 10.2. The molecule has 0 heterocycles. The van der Waals surface area contributed by atoms with Gasteiger partial charge in [-0.25, -0.2) is 4.79 Å². The van der Waals surface area contributed by atoms with Crippen molar-refractivity contribution in [2.24, 2.45) is 0 Å². The zero-order valence-corrected chi connectivity index (χ0v) is 8.90. The van der Waals surface area contributed by atoms with Gasteiger partial charge >= 0.3 is 5.97 Å². The summed E-state index contributed by atoms with van der Waals surface area (Å²) in [4.78, 5) is 10.2. The van der Waals surface area contributed by atoms with Gasteiger partial charge in [0.1, 0.15) is 6.61 Å². The summed E-state index contributed by atoms with van der Waals surface area (Å²) in [6, 6.07) is 8.08. The fourth-order valence-electron chi connectivity index (χ4n) is 1.35. The molecular weight excluding hydrogens is 192 g/mol. The molecule has 0 aliphatic carbocycles. The lowest BCUT2D eigenvalue weighted by Gasteiger charge is -2.03. The Labute approximate surface area is 89.7 Å². The third-order valence-electron chi connectivity index (χ3n) is 2.06. The summed E-state index contributed by atoms with van der Waals surface area (Å²) in [5.41, 5.74) is 2.32. The Morgan fingerprint density at radius 1 is 1.27 bits per heavy atom. The van der Waals surface area contributed by atoms with Crippen LogP contribution < -0.4 is 0 Å². The normalized spacial score (nSPS) is 10.2. The van der Waals surface area contributed by atoms with Crippen LogP contribution in [0.2, 0.25) is 0 Å². The molecule has 0 atom stereocenters. The van der Waals surface area contributed by atoms with E-state index in [0.717, 1.165) is 18.4 Å². The minimum absolute atomic E-state index is 0.239. The van der Waals surface area contributed by atoms with Crippen LogP contribution in [0.25, 0.3) is 0 Å². The first kappa shape index (κ1) is 11.7. The highest BCUT2D eigenvalue weighted by molar-refractivity contribution is 5.67. The van der Waals surface area contributed by atoms with E-state index in [1.54, 1.807) is 0 Å². The second-order valence-electron chi connectivity index (χ2n) is 3.45. The van der Waals surface area contributed by atoms with Gasteiger partial charge < -0.3 is 9.84 Å². The van der Waals surface area contributed by atoms with E-state index in [9.17, 15) is 4.79 Å². The van der Waals surface area contributed by atoms with Gasteiger partial charge in [-0.1, -0.05) is 37.6 Å². The topological polar surface area (TPSA) is 46.5 Å². The molecule has 1 N–H and O–H groups in total. The van der Waals surface area contributed by atoms with Gasteiger partial charge in [0, 0.05) is 0 Å². The molecule has 0 aromatic heterocycles. The summed E-state index contributed by atoms with van der Waals surface area (Å²) in [5, 5.41) is 8.38. The summed E-state index contributed by atoms with van der Waals surface area (Å²) < 4.78 is 4.98. The number of hydrogen-bond donors (Lipinski definition) is 1. The molecule has 3 nitrogen and oxygen atoms in total. The van der Waals surface area contributed by atoms with Gasteiger partial charge in [0.15, 0.2) is 0 Å². The second kappa shape index (κ2) is 6.19. The molecule has 1 aromatic carbocycles. The average molecular weight is 208 g/mol. The average Bonchev–Trinajstić information content (AvgIpc) is 2.20. The maximum absolute atomic E-state index is 10.2. The van der Waals surface area contributed by atoms with Crippen molar-refractivity contribution in [1.29, 1.82) is 0 Å². The smallest absolute Gasteiger partial charge is 0.329 e. The molecule has 0 saturated carbocycles. The van der Waals surface area contributed by atoms with E-state index in [1.807, 2.05) is 12.1 Å². The molecule has 0 spiro atoms. The van der Waals surface area contributed by atoms with Crippen LogP contribution in [0.4, 0.5) is 0 Å². The Morgan fingerprint density at radius 3 is 2.40 bits per heavy atom. The Morgan fingerprint density at radius 2 is 1.87 bits per heavy atom. The zero-order chi connectivity index (χ0) is 11.1. The highest BCUT2D eigenvalue weighted by atomic mass is 16.5. The van der Waals surface area contributed by atoms with Gasteiger partial charge in [-0.05, 0) is 17.5 Å². The lowest BCUT2D eigenvalue weighted by molar-refractivity contribution is -0.142. The van der Waals surface area contributed by atoms with Crippen LogP contribution in [0.5, 0.6) is 0 Å². The van der Waals surface area contributed by atoms with Crippen molar-refractivity contribution in [3.63, 3.8) is 0 Å². The summed E-state index contributed by atoms with van der Waals surface area (Å²) in [6.45, 7) is 2.26. The number of carbonyl (C=O) groups is 1. The minimum Gasteiger partial charge on any atom is -0.480 e. The number of hydrogen-bond acceptors (Lipinski definition) is 2. The number of aliphatic carboxylic acids is 1. The third kappa shape index (κ3) is 4.61. The standard InChI is InChI=1S/C12H16O3/c1-2-3-10-4-6-11(7-5-10)8-15-9-12(13)14/h4-7H,2-3,8-9H2,1H3,(H,13,14). The molecule has 15 heavy (non-hydrogen) atoms. The molecule has 3 heteroatoms. The molecule has 0 fully saturated rings. The van der Waals surface area contributed by atoms with Crippen molar-refractivity contribution in [2.45, 2.75) is 26.4 Å². The van der Waals surface area contributed by atoms with Crippen LogP contribution >= 0.6 is 0 Å². The van der Waals surface area contributed by atoms with Crippen LogP contribution in [0, 0.1) is 0 Å². The molecule has 0 amide bonds. The number of carboxylic acids is 1. The Bertz CT molecular complexity index is 303. The van der Waals surface area contributed by atoms with E-state index in [1.165, 1.54) is 5.56 Å². The molecular formula is C12H16O3. The van der Waals surface area contributed by atoms with Crippen molar-refractivity contribution in [3.8, 4) is 0 Å². The van der Waals surface area contributed by atoms with Gasteiger partial charge in [0.05, 0.1) is 6.61 Å². The van der Waals surface area contributed by atoms with Gasteiger partial charge in [0.25, 0.3) is 0 Å². The van der Waals surface area contributed by atoms with E-state index < -0.39 is 5.97 Å². The van der Waals surface area contributed by atoms with E-state index in [4.69, 9.17) is 9.84 Å². The maximum Gasteiger partial charge on any atom is 0.329 e. The molecule has 0 unspecified atom stereocenters. The van der Waals surface area contributed by atoms with Gasteiger partial charge in [-0.15, -0.1) is 0 Å². The molecule has 82 valence electrons. The quantitative estimate of drug-likeness (QED) is 0.779. The number of ether oxygens (including phenoxy) is 1. The largest absolute Gasteiger partial charge is 0.480 e. The number of benzene rings is 1. The van der Waals surface area contributed by atoms with Crippen molar-refractivity contribution >= 4 is 5.97 Å². The first-order valence-electron chi connectivity index (χ1n) is 5.09. The van der Waals surface area contributed by atoms with Crippen LogP contribution in [0.1, 0.15) is 24.5 Å². The van der Waals surface area contributed by atoms with Crippen LogP contribution in [0.15, 0.2) is 24.3 Å². The van der Waals surface area contributed by atoms with Crippen molar-refractivity contribution < 1.29 is 14.6 Å². The molecule has 1 aromatic rings. The molecule has 0 bridgehead atoms. The molecule has 0 saturated heterocycles. The number of aryl methyl sites for hydroxylation is 1. The summed E-state index contributed by atoms with van der Waals surface area (Å²) in [7, 11) is 0. The Balaban J connectivity index is 2.39. The van der Waals surface area contributed by atoms with Crippen molar-refractivity contribution in [1.82, 2.24) is 0 Å². The van der Waals surface area contributed by atoms with E-state index in [0.29, 0.717) is 6.61 Å². The molecule has 1 rings (SSSR count). The molecule has 0 radical (unpaired) electrons. The van der Waals surface area contributed by atoms with Crippen LogP contribution in [-0.2, 0) is 22.6 Å². The van der Waals surface area contributed by atoms with E-state index >= 15 is 0 Å². The highest BCUT2D eigenvalue weighted by Gasteiger charge is 1.98. The summed E-state index contributed by atoms with van der Waals surface area (Å²) >= 11 is 0. The highest BCUT2D eigenvalue weighted by Crippen LogP contribution is 2.07. The van der Waals surface area contributed by atoms with Crippen LogP contribution in [0.3, 0.4) is 0 Å². The molecule has 0 aliphatic rings. The SMILES string of the molecule is CCCc1ccc(COCC(=O)O)cc1. The fraction of sp³-hybridized carbons (Fsp3) is 0.417. The summed E-state index contributed by atoms with van der Waals surface area (Å²) in [6.07, 6.45) is 2.21. The predicted octanol–water partition coefficient (Wildman–Crippen LogP) is 2.24. The lowest BCUT2D eigenvalue weighted by atomic mass is 10.1. The van der Waals surface area contributed by atoms with Crippen LogP contribution in [-0.4, -0.2) is 17.7 Å². The van der Waals surface area contributed by atoms with E-state index in [-0.39, 0.29) is 6.61 Å². The first-order chi connectivity index (χ1) is 7.22. The van der Waals surface area contributed by atoms with Crippen molar-refractivity contribution in [3.05, 3.63) is 35.4 Å². The van der Waals surface area contributed by atoms with E-state index in [2.05, 4.69) is 19.1 Å². The van der Waals surface area contributed by atoms with Gasteiger partial charge in [0.2, 0.25) is 0 Å². The molecule has 0 aliphatic heterocycles. The fourth-order valence-corrected chi connectivity index (χ4v) is 1.35. The predicted molar refractivity (Wildman–Crippen MR) is 57.7 cm³/mol. The monoisotopic (exact) mass is 208 g/mol. The minimum atomic E-state index is -0.933. The first-order valence-corrected chi connectivity index (χ1v) is 5.09. The second-order valence-corrected chi connectivity index (χ2v) is 3.45. The third-order valence-corrected chi connectivity index (χ3v) is 2.06. The number of carboxylic acid groups (broad SMARTS) is 1. The number of rotatable bonds is 6.